The third kappa shape index (κ3) is 5.80. The molecule has 0 aliphatic rings. The zero-order chi connectivity index (χ0) is 19.6. The molecule has 0 atom stereocenters. The first-order chi connectivity index (χ1) is 11.9. The highest BCUT2D eigenvalue weighted by Crippen LogP contribution is 2.29. The third-order valence-electron chi connectivity index (χ3n) is 3.36. The van der Waals surface area contributed by atoms with E-state index in [1.54, 1.807) is 0 Å². The molecule has 0 saturated heterocycles. The Balaban J connectivity index is 2.05. The number of nitrogens with one attached hydrogen (secondary N) is 1. The summed E-state index contributed by atoms with van der Waals surface area (Å²) in [4.78, 5) is -0.118. The van der Waals surface area contributed by atoms with E-state index < -0.39 is 37.5 Å². The highest BCUT2D eigenvalue weighted by atomic mass is 32.2. The van der Waals surface area contributed by atoms with Crippen LogP contribution in [0.15, 0.2) is 53.4 Å². The summed E-state index contributed by atoms with van der Waals surface area (Å²) >= 11 is 0. The van der Waals surface area contributed by atoms with Crippen LogP contribution in [-0.2, 0) is 38.5 Å². The second-order valence-corrected chi connectivity index (χ2v) is 8.84. The van der Waals surface area contributed by atoms with Gasteiger partial charge < -0.3 is 0 Å². The normalized spacial score (nSPS) is 12.9. The number of primary sulfonamides is 1. The van der Waals surface area contributed by atoms with Crippen molar-refractivity contribution in [3.63, 3.8) is 0 Å². The highest BCUT2D eigenvalue weighted by molar-refractivity contribution is 7.89. The quantitative estimate of drug-likeness (QED) is 0.762. The molecule has 0 aliphatic heterocycles. The molecule has 26 heavy (non-hydrogen) atoms. The Kier molecular flexibility index (Phi) is 5.76. The van der Waals surface area contributed by atoms with Gasteiger partial charge in [-0.2, -0.15) is 13.2 Å². The van der Waals surface area contributed by atoms with E-state index in [2.05, 4.69) is 4.72 Å². The fourth-order valence-corrected chi connectivity index (χ4v) is 3.72. The summed E-state index contributed by atoms with van der Waals surface area (Å²) in [6, 6.07) is 9.28. The SMILES string of the molecule is NS(=O)(=O)c1ccc(CNS(=O)(=O)Cc2cccc(C(F)(F)F)c2)cc1. The van der Waals surface area contributed by atoms with Crippen LogP contribution in [0.2, 0.25) is 0 Å². The molecule has 3 N–H and O–H groups in total. The Morgan fingerprint density at radius 3 is 2.08 bits per heavy atom. The molecule has 6 nitrogen and oxygen atoms in total. The van der Waals surface area contributed by atoms with E-state index in [4.69, 9.17) is 5.14 Å². The summed E-state index contributed by atoms with van der Waals surface area (Å²) < 4.78 is 86.7. The van der Waals surface area contributed by atoms with E-state index in [1.165, 1.54) is 30.3 Å². The summed E-state index contributed by atoms with van der Waals surface area (Å²) in [7, 11) is -7.74. The van der Waals surface area contributed by atoms with E-state index in [-0.39, 0.29) is 17.0 Å². The molecule has 0 heterocycles. The van der Waals surface area contributed by atoms with Crippen molar-refractivity contribution in [2.45, 2.75) is 23.4 Å². The molecular weight excluding hydrogens is 393 g/mol. The number of hydrogen-bond acceptors (Lipinski definition) is 4. The van der Waals surface area contributed by atoms with E-state index in [0.717, 1.165) is 18.2 Å². The molecule has 11 heteroatoms. The van der Waals surface area contributed by atoms with Gasteiger partial charge in [-0.3, -0.25) is 0 Å². The summed E-state index contributed by atoms with van der Waals surface area (Å²) in [6.07, 6.45) is -4.56. The van der Waals surface area contributed by atoms with Gasteiger partial charge >= 0.3 is 6.18 Å². The van der Waals surface area contributed by atoms with Crippen molar-refractivity contribution >= 4 is 20.0 Å². The van der Waals surface area contributed by atoms with Crippen LogP contribution in [0.5, 0.6) is 0 Å². The van der Waals surface area contributed by atoms with Gasteiger partial charge in [0.15, 0.2) is 0 Å². The van der Waals surface area contributed by atoms with Gasteiger partial charge in [-0.15, -0.1) is 0 Å². The Morgan fingerprint density at radius 2 is 1.54 bits per heavy atom. The Hall–Kier alpha value is -1.95. The topological polar surface area (TPSA) is 106 Å². The molecule has 0 fully saturated rings. The van der Waals surface area contributed by atoms with E-state index in [1.807, 2.05) is 0 Å². The molecule has 142 valence electrons. The first-order valence-corrected chi connectivity index (χ1v) is 10.3. The van der Waals surface area contributed by atoms with Gasteiger partial charge in [0, 0.05) is 6.54 Å². The molecular formula is C15H15F3N2O4S2. The molecule has 0 aromatic heterocycles. The lowest BCUT2D eigenvalue weighted by Gasteiger charge is -2.10. The van der Waals surface area contributed by atoms with Crippen molar-refractivity contribution in [3.05, 3.63) is 65.2 Å². The minimum absolute atomic E-state index is 0.00287. The second kappa shape index (κ2) is 7.35. The Labute approximate surface area is 148 Å². The number of rotatable bonds is 6. The van der Waals surface area contributed by atoms with Gasteiger partial charge in [0.05, 0.1) is 16.2 Å². The molecule has 0 radical (unpaired) electrons. The van der Waals surface area contributed by atoms with Crippen molar-refractivity contribution in [1.82, 2.24) is 4.72 Å². The zero-order valence-corrected chi connectivity index (χ0v) is 14.8. The molecule has 0 bridgehead atoms. The van der Waals surface area contributed by atoms with Gasteiger partial charge in [-0.25, -0.2) is 26.7 Å². The van der Waals surface area contributed by atoms with Crippen LogP contribution in [0, 0.1) is 0 Å². The standard InChI is InChI=1S/C15H15F3N2O4S2/c16-15(17,18)13-3-1-2-12(8-13)10-25(21,22)20-9-11-4-6-14(7-5-11)26(19,23)24/h1-8,20H,9-10H2,(H2,19,23,24). The number of alkyl halides is 3. The summed E-state index contributed by atoms with van der Waals surface area (Å²) in [5.41, 5.74) is -0.467. The van der Waals surface area contributed by atoms with Crippen LogP contribution >= 0.6 is 0 Å². The first-order valence-electron chi connectivity index (χ1n) is 7.12. The van der Waals surface area contributed by atoms with E-state index in [0.29, 0.717) is 5.56 Å². The maximum Gasteiger partial charge on any atom is 0.416 e. The Morgan fingerprint density at radius 1 is 0.923 bits per heavy atom. The zero-order valence-electron chi connectivity index (χ0n) is 13.2. The van der Waals surface area contributed by atoms with Crippen molar-refractivity contribution in [2.24, 2.45) is 5.14 Å². The van der Waals surface area contributed by atoms with Crippen molar-refractivity contribution in [1.29, 1.82) is 0 Å². The number of nitrogens with two attached hydrogens (primary N) is 1. The van der Waals surface area contributed by atoms with Crippen molar-refractivity contribution < 1.29 is 30.0 Å². The summed E-state index contributed by atoms with van der Waals surface area (Å²) in [5, 5.41) is 4.96. The monoisotopic (exact) mass is 408 g/mol. The largest absolute Gasteiger partial charge is 0.416 e. The average molecular weight is 408 g/mol. The lowest BCUT2D eigenvalue weighted by molar-refractivity contribution is -0.137. The van der Waals surface area contributed by atoms with Gasteiger partial charge in [0.1, 0.15) is 0 Å². The minimum atomic E-state index is -4.56. The van der Waals surface area contributed by atoms with E-state index >= 15 is 0 Å². The van der Waals surface area contributed by atoms with Gasteiger partial charge in [-0.05, 0) is 29.3 Å². The molecule has 0 amide bonds. The predicted octanol–water partition coefficient (Wildman–Crippen LogP) is 1.97. The van der Waals surface area contributed by atoms with Crippen LogP contribution in [0.25, 0.3) is 0 Å². The lowest BCUT2D eigenvalue weighted by Crippen LogP contribution is -2.25. The molecule has 2 rings (SSSR count). The maximum absolute atomic E-state index is 12.7. The number of benzene rings is 2. The fraction of sp³-hybridized carbons (Fsp3) is 0.200. The predicted molar refractivity (Wildman–Crippen MR) is 88.7 cm³/mol. The molecule has 0 aliphatic carbocycles. The molecule has 0 saturated carbocycles. The smallest absolute Gasteiger partial charge is 0.225 e. The number of halogens is 3. The van der Waals surface area contributed by atoms with Crippen LogP contribution < -0.4 is 9.86 Å². The fourth-order valence-electron chi connectivity index (χ4n) is 2.10. The number of hydrogen-bond donors (Lipinski definition) is 2. The van der Waals surface area contributed by atoms with Crippen LogP contribution in [0.3, 0.4) is 0 Å². The summed E-state index contributed by atoms with van der Waals surface area (Å²) in [6.45, 7) is -0.147. The van der Waals surface area contributed by atoms with Crippen molar-refractivity contribution in [2.75, 3.05) is 0 Å². The molecule has 2 aromatic rings. The lowest BCUT2D eigenvalue weighted by atomic mass is 10.1. The third-order valence-corrected chi connectivity index (χ3v) is 5.59. The van der Waals surface area contributed by atoms with Crippen LogP contribution in [0.4, 0.5) is 13.2 Å². The van der Waals surface area contributed by atoms with Crippen LogP contribution in [-0.4, -0.2) is 16.8 Å². The molecule has 0 unspecified atom stereocenters. The Bertz CT molecular complexity index is 986. The number of sulfonamides is 2. The minimum Gasteiger partial charge on any atom is -0.225 e. The van der Waals surface area contributed by atoms with Crippen molar-refractivity contribution in [3.8, 4) is 0 Å². The van der Waals surface area contributed by atoms with Gasteiger partial charge in [0.2, 0.25) is 20.0 Å². The maximum atomic E-state index is 12.7. The molecule has 2 aromatic carbocycles. The molecule has 0 spiro atoms. The van der Waals surface area contributed by atoms with Gasteiger partial charge in [-0.1, -0.05) is 30.3 Å². The average Bonchev–Trinajstić information content (AvgIpc) is 2.52. The highest BCUT2D eigenvalue weighted by Gasteiger charge is 2.30. The van der Waals surface area contributed by atoms with Crippen LogP contribution in [0.1, 0.15) is 16.7 Å². The van der Waals surface area contributed by atoms with E-state index in [9.17, 15) is 30.0 Å². The van der Waals surface area contributed by atoms with Gasteiger partial charge in [0.25, 0.3) is 0 Å². The summed E-state index contributed by atoms with van der Waals surface area (Å²) in [5.74, 6) is -0.619. The second-order valence-electron chi connectivity index (χ2n) is 5.47. The first kappa shape index (κ1) is 20.4.